The number of nitrogens with one attached hydrogen (secondary N) is 1. The molecule has 1 fully saturated rings. The summed E-state index contributed by atoms with van der Waals surface area (Å²) in [7, 11) is 1.65. The topological polar surface area (TPSA) is 67.8 Å². The summed E-state index contributed by atoms with van der Waals surface area (Å²) in [6.07, 6.45) is 3.45. The highest BCUT2D eigenvalue weighted by Gasteiger charge is 2.48. The molecule has 0 aromatic carbocycles. The Morgan fingerprint density at radius 1 is 1.45 bits per heavy atom. The molecule has 1 saturated carbocycles. The van der Waals surface area contributed by atoms with Crippen molar-refractivity contribution in [2.24, 2.45) is 5.92 Å². The summed E-state index contributed by atoms with van der Waals surface area (Å²) in [6.45, 7) is 7.12. The maximum absolute atomic E-state index is 11.7. The van der Waals surface area contributed by atoms with E-state index in [0.717, 1.165) is 19.3 Å². The van der Waals surface area contributed by atoms with E-state index in [-0.39, 0.29) is 18.1 Å². The lowest BCUT2D eigenvalue weighted by atomic mass is 9.84. The third-order valence-corrected chi connectivity index (χ3v) is 4.02. The minimum Gasteiger partial charge on any atom is -0.480 e. The van der Waals surface area contributed by atoms with Gasteiger partial charge in [0.1, 0.15) is 5.54 Å². The van der Waals surface area contributed by atoms with Crippen LogP contribution in [0.1, 0.15) is 46.5 Å². The summed E-state index contributed by atoms with van der Waals surface area (Å²) < 4.78 is 10.7. The molecule has 1 aliphatic rings. The number of methoxy groups -OCH3 is 1. The fourth-order valence-corrected chi connectivity index (χ4v) is 3.21. The van der Waals surface area contributed by atoms with Crippen LogP contribution in [-0.2, 0) is 14.3 Å². The second-order valence-electron chi connectivity index (χ2n) is 6.09. The lowest BCUT2D eigenvalue weighted by Gasteiger charge is -2.34. The minimum atomic E-state index is -0.776. The first-order chi connectivity index (χ1) is 9.42. The maximum Gasteiger partial charge on any atom is 0.324 e. The second kappa shape index (κ2) is 7.96. The standard InChI is InChI=1S/C15H29NO4/c1-11(2)16-15(14(17)18)8-5-6-13(15)7-9-20-12(3)10-19-4/h11-13,16H,5-10H2,1-4H3,(H,17,18). The molecule has 1 rings (SSSR count). The summed E-state index contributed by atoms with van der Waals surface area (Å²) in [5, 5.41) is 12.9. The van der Waals surface area contributed by atoms with E-state index in [9.17, 15) is 9.90 Å². The summed E-state index contributed by atoms with van der Waals surface area (Å²) in [4.78, 5) is 11.7. The van der Waals surface area contributed by atoms with Gasteiger partial charge in [0.2, 0.25) is 0 Å². The molecule has 20 heavy (non-hydrogen) atoms. The number of carboxylic acids is 1. The molecule has 2 N–H and O–H groups in total. The lowest BCUT2D eigenvalue weighted by Crippen LogP contribution is -2.57. The van der Waals surface area contributed by atoms with Crippen LogP contribution < -0.4 is 5.32 Å². The molecule has 0 aromatic rings. The van der Waals surface area contributed by atoms with Gasteiger partial charge in [-0.1, -0.05) is 6.42 Å². The van der Waals surface area contributed by atoms with Gasteiger partial charge in [-0.2, -0.15) is 0 Å². The van der Waals surface area contributed by atoms with E-state index in [0.29, 0.717) is 19.6 Å². The molecule has 0 amide bonds. The summed E-state index contributed by atoms with van der Waals surface area (Å²) in [5.41, 5.74) is -0.776. The third-order valence-electron chi connectivity index (χ3n) is 4.02. The number of carboxylic acid groups (broad SMARTS) is 1. The number of aliphatic carboxylic acids is 1. The van der Waals surface area contributed by atoms with Crippen LogP contribution in [0.2, 0.25) is 0 Å². The van der Waals surface area contributed by atoms with Gasteiger partial charge in [-0.05, 0) is 46.0 Å². The number of hydrogen-bond donors (Lipinski definition) is 2. The fourth-order valence-electron chi connectivity index (χ4n) is 3.21. The zero-order valence-corrected chi connectivity index (χ0v) is 13.1. The summed E-state index contributed by atoms with van der Waals surface area (Å²) in [5.74, 6) is -0.587. The van der Waals surface area contributed by atoms with Gasteiger partial charge in [-0.15, -0.1) is 0 Å². The highest BCUT2D eigenvalue weighted by atomic mass is 16.5. The van der Waals surface area contributed by atoms with Crippen molar-refractivity contribution in [2.45, 2.75) is 64.1 Å². The van der Waals surface area contributed by atoms with Gasteiger partial charge in [0.15, 0.2) is 0 Å². The molecule has 0 aromatic heterocycles. The molecule has 0 bridgehead atoms. The third kappa shape index (κ3) is 4.43. The highest BCUT2D eigenvalue weighted by molar-refractivity contribution is 5.79. The number of ether oxygens (including phenoxy) is 2. The van der Waals surface area contributed by atoms with Crippen molar-refractivity contribution in [1.82, 2.24) is 5.32 Å². The Morgan fingerprint density at radius 2 is 2.15 bits per heavy atom. The Labute approximate surface area is 122 Å². The van der Waals surface area contributed by atoms with E-state index in [1.165, 1.54) is 0 Å². The molecule has 0 spiro atoms. The van der Waals surface area contributed by atoms with E-state index in [1.54, 1.807) is 7.11 Å². The van der Waals surface area contributed by atoms with Crippen LogP contribution in [0.25, 0.3) is 0 Å². The predicted octanol–water partition coefficient (Wildman–Crippen LogP) is 2.05. The van der Waals surface area contributed by atoms with Crippen LogP contribution in [0.3, 0.4) is 0 Å². The van der Waals surface area contributed by atoms with Crippen molar-refractivity contribution in [3.8, 4) is 0 Å². The maximum atomic E-state index is 11.7. The molecular formula is C15H29NO4. The Balaban J connectivity index is 2.55. The van der Waals surface area contributed by atoms with Crippen LogP contribution in [0, 0.1) is 5.92 Å². The molecule has 1 aliphatic carbocycles. The quantitative estimate of drug-likeness (QED) is 0.679. The van der Waals surface area contributed by atoms with Crippen LogP contribution in [0.4, 0.5) is 0 Å². The van der Waals surface area contributed by atoms with Crippen LogP contribution in [0.5, 0.6) is 0 Å². The zero-order chi connectivity index (χ0) is 15.2. The van der Waals surface area contributed by atoms with Gasteiger partial charge >= 0.3 is 5.97 Å². The molecule has 5 heteroatoms. The van der Waals surface area contributed by atoms with Crippen molar-refractivity contribution in [3.63, 3.8) is 0 Å². The van der Waals surface area contributed by atoms with Crippen LogP contribution in [-0.4, -0.2) is 49.1 Å². The smallest absolute Gasteiger partial charge is 0.324 e. The van der Waals surface area contributed by atoms with Crippen molar-refractivity contribution in [3.05, 3.63) is 0 Å². The van der Waals surface area contributed by atoms with Gasteiger partial charge in [0.05, 0.1) is 12.7 Å². The zero-order valence-electron chi connectivity index (χ0n) is 13.1. The first-order valence-corrected chi connectivity index (χ1v) is 7.54. The Bertz CT molecular complexity index is 308. The van der Waals surface area contributed by atoms with Crippen molar-refractivity contribution in [1.29, 1.82) is 0 Å². The van der Waals surface area contributed by atoms with Crippen LogP contribution >= 0.6 is 0 Å². The van der Waals surface area contributed by atoms with Crippen LogP contribution in [0.15, 0.2) is 0 Å². The Kier molecular flexibility index (Phi) is 6.92. The SMILES string of the molecule is COCC(C)OCCC1CCCC1(NC(C)C)C(=O)O. The van der Waals surface area contributed by atoms with Gasteiger partial charge < -0.3 is 14.6 Å². The molecule has 3 atom stereocenters. The Hall–Kier alpha value is -0.650. The van der Waals surface area contributed by atoms with E-state index in [2.05, 4.69) is 5.32 Å². The van der Waals surface area contributed by atoms with Gasteiger partial charge in [-0.25, -0.2) is 0 Å². The van der Waals surface area contributed by atoms with E-state index < -0.39 is 11.5 Å². The second-order valence-corrected chi connectivity index (χ2v) is 6.09. The molecular weight excluding hydrogens is 258 g/mol. The van der Waals surface area contributed by atoms with Gasteiger partial charge in [-0.3, -0.25) is 10.1 Å². The predicted molar refractivity (Wildman–Crippen MR) is 77.9 cm³/mol. The van der Waals surface area contributed by atoms with E-state index >= 15 is 0 Å². The first kappa shape index (κ1) is 17.4. The normalized spacial score (nSPS) is 27.9. The Morgan fingerprint density at radius 3 is 2.70 bits per heavy atom. The van der Waals surface area contributed by atoms with Gasteiger partial charge in [0.25, 0.3) is 0 Å². The largest absolute Gasteiger partial charge is 0.480 e. The minimum absolute atomic E-state index is 0.0543. The molecule has 0 aliphatic heterocycles. The molecule has 0 saturated heterocycles. The monoisotopic (exact) mass is 287 g/mol. The van der Waals surface area contributed by atoms with Crippen molar-refractivity contribution < 1.29 is 19.4 Å². The summed E-state index contributed by atoms with van der Waals surface area (Å²) in [6, 6.07) is 0.167. The number of rotatable bonds is 9. The van der Waals surface area contributed by atoms with E-state index in [4.69, 9.17) is 9.47 Å². The average molecular weight is 287 g/mol. The van der Waals surface area contributed by atoms with Gasteiger partial charge in [0, 0.05) is 19.8 Å². The molecule has 0 heterocycles. The fraction of sp³-hybridized carbons (Fsp3) is 0.933. The number of hydrogen-bond acceptors (Lipinski definition) is 4. The molecule has 118 valence electrons. The lowest BCUT2D eigenvalue weighted by molar-refractivity contribution is -0.147. The number of carbonyl (C=O) groups is 1. The summed E-state index contributed by atoms with van der Waals surface area (Å²) >= 11 is 0. The molecule has 5 nitrogen and oxygen atoms in total. The highest BCUT2D eigenvalue weighted by Crippen LogP contribution is 2.38. The van der Waals surface area contributed by atoms with Crippen molar-refractivity contribution >= 4 is 5.97 Å². The van der Waals surface area contributed by atoms with Crippen molar-refractivity contribution in [2.75, 3.05) is 20.3 Å². The average Bonchev–Trinajstić information content (AvgIpc) is 2.73. The first-order valence-electron chi connectivity index (χ1n) is 7.54. The van der Waals surface area contributed by atoms with E-state index in [1.807, 2.05) is 20.8 Å². The molecule has 0 radical (unpaired) electrons. The molecule has 3 unspecified atom stereocenters.